The second-order valence-corrected chi connectivity index (χ2v) is 5.67. The Morgan fingerprint density at radius 3 is 2.56 bits per heavy atom. The monoisotopic (exact) mass is 246 g/mol. The van der Waals surface area contributed by atoms with Gasteiger partial charge in [0, 0.05) is 19.1 Å². The number of rotatable bonds is 4. The smallest absolute Gasteiger partial charge is 0.0236 e. The van der Waals surface area contributed by atoms with Crippen LogP contribution in [0, 0.1) is 6.92 Å². The first kappa shape index (κ1) is 13.6. The fraction of sp³-hybridized carbons (Fsp3) is 0.625. The van der Waals surface area contributed by atoms with E-state index in [2.05, 4.69) is 37.1 Å². The second-order valence-electron chi connectivity index (χ2n) is 5.67. The molecule has 0 unspecified atom stereocenters. The molecule has 1 aliphatic rings. The minimum Gasteiger partial charge on any atom is -0.326 e. The average molecular weight is 246 g/mol. The van der Waals surface area contributed by atoms with Gasteiger partial charge in [-0.15, -0.1) is 0 Å². The molecule has 1 saturated carbocycles. The molecule has 2 rings (SSSR count). The van der Waals surface area contributed by atoms with Crippen molar-refractivity contribution in [1.29, 1.82) is 0 Å². The zero-order chi connectivity index (χ0) is 13.0. The normalized spacial score (nSPS) is 17.3. The minimum absolute atomic E-state index is 0.638. The third kappa shape index (κ3) is 3.33. The molecule has 0 saturated heterocycles. The lowest BCUT2D eigenvalue weighted by molar-refractivity contribution is 0.184. The van der Waals surface area contributed by atoms with Crippen LogP contribution in [0.25, 0.3) is 0 Å². The van der Waals surface area contributed by atoms with E-state index in [4.69, 9.17) is 5.73 Å². The summed E-state index contributed by atoms with van der Waals surface area (Å²) in [7, 11) is 2.27. The number of nitrogens with two attached hydrogens (primary N) is 1. The Bertz CT molecular complexity index is 381. The van der Waals surface area contributed by atoms with Gasteiger partial charge < -0.3 is 5.73 Å². The van der Waals surface area contributed by atoms with Crippen molar-refractivity contribution in [2.24, 2.45) is 5.73 Å². The molecule has 0 heterocycles. The molecule has 100 valence electrons. The summed E-state index contributed by atoms with van der Waals surface area (Å²) >= 11 is 0. The van der Waals surface area contributed by atoms with E-state index in [1.165, 1.54) is 48.8 Å². The highest BCUT2D eigenvalue weighted by Gasteiger charge is 2.18. The zero-order valence-corrected chi connectivity index (χ0v) is 11.8. The molecule has 0 spiro atoms. The average Bonchev–Trinajstić information content (AvgIpc) is 2.42. The highest BCUT2D eigenvalue weighted by Crippen LogP contribution is 2.23. The van der Waals surface area contributed by atoms with Gasteiger partial charge in [0.1, 0.15) is 0 Å². The molecule has 2 heteroatoms. The van der Waals surface area contributed by atoms with Crippen molar-refractivity contribution < 1.29 is 0 Å². The highest BCUT2D eigenvalue weighted by atomic mass is 15.1. The number of aryl methyl sites for hydroxylation is 1. The molecule has 2 nitrogen and oxygen atoms in total. The summed E-state index contributed by atoms with van der Waals surface area (Å²) in [6, 6.07) is 7.42. The fourth-order valence-electron chi connectivity index (χ4n) is 2.98. The molecule has 0 aliphatic heterocycles. The van der Waals surface area contributed by atoms with E-state index in [9.17, 15) is 0 Å². The number of hydrogen-bond donors (Lipinski definition) is 1. The van der Waals surface area contributed by atoms with Gasteiger partial charge >= 0.3 is 0 Å². The van der Waals surface area contributed by atoms with Crippen molar-refractivity contribution in [3.8, 4) is 0 Å². The predicted molar refractivity (Wildman–Crippen MR) is 77.4 cm³/mol. The van der Waals surface area contributed by atoms with E-state index < -0.39 is 0 Å². The van der Waals surface area contributed by atoms with Gasteiger partial charge in [0.2, 0.25) is 0 Å². The van der Waals surface area contributed by atoms with E-state index in [0.717, 1.165) is 12.6 Å². The number of hydrogen-bond acceptors (Lipinski definition) is 2. The van der Waals surface area contributed by atoms with Gasteiger partial charge in [-0.1, -0.05) is 37.5 Å². The van der Waals surface area contributed by atoms with Gasteiger partial charge in [0.15, 0.2) is 0 Å². The Morgan fingerprint density at radius 2 is 1.94 bits per heavy atom. The zero-order valence-electron chi connectivity index (χ0n) is 11.8. The topological polar surface area (TPSA) is 29.3 Å². The molecule has 1 fully saturated rings. The van der Waals surface area contributed by atoms with Crippen LogP contribution < -0.4 is 5.73 Å². The van der Waals surface area contributed by atoms with Gasteiger partial charge in [-0.05, 0) is 43.5 Å². The van der Waals surface area contributed by atoms with Gasteiger partial charge in [-0.25, -0.2) is 0 Å². The first-order chi connectivity index (χ1) is 8.70. The van der Waals surface area contributed by atoms with Gasteiger partial charge in [0.25, 0.3) is 0 Å². The Labute approximate surface area is 111 Å². The van der Waals surface area contributed by atoms with E-state index >= 15 is 0 Å². The standard InChI is InChI=1S/C16H26N2/c1-13-10-14(11-17)8-9-15(13)12-18(2)16-6-4-3-5-7-16/h8-10,16H,3-7,11-12,17H2,1-2H3. The summed E-state index contributed by atoms with van der Waals surface area (Å²) in [4.78, 5) is 2.53. The Morgan fingerprint density at radius 1 is 1.22 bits per heavy atom. The lowest BCUT2D eigenvalue weighted by Crippen LogP contribution is -2.33. The molecule has 0 atom stereocenters. The summed E-state index contributed by atoms with van der Waals surface area (Å²) < 4.78 is 0. The van der Waals surface area contributed by atoms with Crippen molar-refractivity contribution in [3.63, 3.8) is 0 Å². The maximum absolute atomic E-state index is 5.68. The Hall–Kier alpha value is -0.860. The molecular formula is C16H26N2. The van der Waals surface area contributed by atoms with Gasteiger partial charge in [-0.3, -0.25) is 4.90 Å². The first-order valence-corrected chi connectivity index (χ1v) is 7.19. The maximum atomic E-state index is 5.68. The molecule has 2 N–H and O–H groups in total. The van der Waals surface area contributed by atoms with Crippen molar-refractivity contribution in [3.05, 3.63) is 34.9 Å². The molecule has 0 bridgehead atoms. The van der Waals surface area contributed by atoms with Crippen LogP contribution in [0.2, 0.25) is 0 Å². The van der Waals surface area contributed by atoms with Crippen molar-refractivity contribution >= 4 is 0 Å². The van der Waals surface area contributed by atoms with Crippen molar-refractivity contribution in [2.45, 2.75) is 58.2 Å². The summed E-state index contributed by atoms with van der Waals surface area (Å²) in [5.74, 6) is 0. The quantitative estimate of drug-likeness (QED) is 0.884. The van der Waals surface area contributed by atoms with Crippen LogP contribution in [0.1, 0.15) is 48.8 Å². The third-order valence-electron chi connectivity index (χ3n) is 4.26. The van der Waals surface area contributed by atoms with Crippen LogP contribution in [0.4, 0.5) is 0 Å². The predicted octanol–water partition coefficient (Wildman–Crippen LogP) is 3.22. The van der Waals surface area contributed by atoms with Crippen molar-refractivity contribution in [2.75, 3.05) is 7.05 Å². The molecule has 1 aromatic rings. The van der Waals surface area contributed by atoms with Gasteiger partial charge in [-0.2, -0.15) is 0 Å². The van der Waals surface area contributed by atoms with Crippen LogP contribution >= 0.6 is 0 Å². The number of nitrogens with zero attached hydrogens (tertiary/aromatic N) is 1. The van der Waals surface area contributed by atoms with Gasteiger partial charge in [0.05, 0.1) is 0 Å². The van der Waals surface area contributed by atoms with Crippen molar-refractivity contribution in [1.82, 2.24) is 4.90 Å². The van der Waals surface area contributed by atoms with E-state index in [1.54, 1.807) is 0 Å². The largest absolute Gasteiger partial charge is 0.326 e. The summed E-state index contributed by atoms with van der Waals surface area (Å²) in [6.07, 6.45) is 6.97. The summed E-state index contributed by atoms with van der Waals surface area (Å²) in [6.45, 7) is 3.91. The maximum Gasteiger partial charge on any atom is 0.0236 e. The van der Waals surface area contributed by atoms with Crippen LogP contribution in [0.3, 0.4) is 0 Å². The van der Waals surface area contributed by atoms with Crippen LogP contribution in [0.15, 0.2) is 18.2 Å². The Balaban J connectivity index is 1.99. The molecule has 1 aromatic carbocycles. The van der Waals surface area contributed by atoms with Crippen LogP contribution in [0.5, 0.6) is 0 Å². The lowest BCUT2D eigenvalue weighted by atomic mass is 9.94. The number of benzene rings is 1. The fourth-order valence-corrected chi connectivity index (χ4v) is 2.98. The van der Waals surface area contributed by atoms with Crippen LogP contribution in [-0.2, 0) is 13.1 Å². The SMILES string of the molecule is Cc1cc(CN)ccc1CN(C)C1CCCCC1. The molecule has 0 aromatic heterocycles. The van der Waals surface area contributed by atoms with Crippen LogP contribution in [-0.4, -0.2) is 18.0 Å². The second kappa shape index (κ2) is 6.35. The minimum atomic E-state index is 0.638. The highest BCUT2D eigenvalue weighted by molar-refractivity contribution is 5.31. The molecular weight excluding hydrogens is 220 g/mol. The molecule has 18 heavy (non-hydrogen) atoms. The van der Waals surface area contributed by atoms with E-state index in [-0.39, 0.29) is 0 Å². The Kier molecular flexibility index (Phi) is 4.79. The summed E-state index contributed by atoms with van der Waals surface area (Å²) in [5.41, 5.74) is 9.73. The molecule has 0 amide bonds. The summed E-state index contributed by atoms with van der Waals surface area (Å²) in [5, 5.41) is 0. The molecule has 1 aliphatic carbocycles. The third-order valence-corrected chi connectivity index (χ3v) is 4.26. The first-order valence-electron chi connectivity index (χ1n) is 7.19. The molecule has 0 radical (unpaired) electrons. The lowest BCUT2D eigenvalue weighted by Gasteiger charge is -2.31. The van der Waals surface area contributed by atoms with E-state index in [1.807, 2.05) is 0 Å². The van der Waals surface area contributed by atoms with E-state index in [0.29, 0.717) is 6.54 Å².